The molecule has 0 aliphatic carbocycles. The van der Waals surface area contributed by atoms with Gasteiger partial charge in [-0.25, -0.2) is 9.78 Å². The number of carbonyl (C=O) groups is 2. The quantitative estimate of drug-likeness (QED) is 0.469. The van der Waals surface area contributed by atoms with E-state index in [1.54, 1.807) is 12.1 Å². The lowest BCUT2D eigenvalue weighted by Gasteiger charge is -2.32. The van der Waals surface area contributed by atoms with E-state index in [1.807, 2.05) is 27.7 Å². The zero-order chi connectivity index (χ0) is 20.4. The van der Waals surface area contributed by atoms with E-state index in [0.29, 0.717) is 11.0 Å². The maximum absolute atomic E-state index is 11.8. The average molecular weight is 395 g/mol. The first kappa shape index (κ1) is 21.4. The van der Waals surface area contributed by atoms with Crippen molar-refractivity contribution in [1.82, 2.24) is 10.3 Å². The molecule has 9 heteroatoms. The van der Waals surface area contributed by atoms with E-state index in [9.17, 15) is 9.59 Å². The molecular formula is C18H24BClN2O5. The number of methoxy groups -OCH3 is 1. The SMILES string of the molecule is COC(=O)c1cc(C=C(CNC(C)=O)B2OC(C)(C)C(C)(C)O2)cnc1Cl. The number of ether oxygens (including phenoxy) is 1. The summed E-state index contributed by atoms with van der Waals surface area (Å²) >= 11 is 5.97. The standard InChI is InChI=1S/C18H24BClN2O5/c1-11(23)21-10-13(19-26-17(2,3)18(4,5)27-19)7-12-8-14(16(24)25-6)15(20)22-9-12/h7-9H,10H2,1-6H3,(H,21,23). The molecule has 0 aromatic carbocycles. The molecule has 1 amide bonds. The number of nitrogens with zero attached hydrogens (tertiary/aromatic N) is 1. The monoisotopic (exact) mass is 394 g/mol. The third-order valence-electron chi connectivity index (χ3n) is 4.72. The number of carbonyl (C=O) groups excluding carboxylic acids is 2. The van der Waals surface area contributed by atoms with E-state index in [4.69, 9.17) is 25.6 Å². The van der Waals surface area contributed by atoms with Gasteiger partial charge in [-0.1, -0.05) is 17.7 Å². The normalized spacial score (nSPS) is 18.3. The molecule has 7 nitrogen and oxygen atoms in total. The molecule has 0 spiro atoms. The van der Waals surface area contributed by atoms with Crippen LogP contribution in [0.3, 0.4) is 0 Å². The van der Waals surface area contributed by atoms with Crippen LogP contribution in [0.5, 0.6) is 0 Å². The second-order valence-corrected chi connectivity index (χ2v) is 7.67. The number of nitrogens with one attached hydrogen (secondary N) is 1. The number of esters is 1. The van der Waals surface area contributed by atoms with E-state index < -0.39 is 24.3 Å². The summed E-state index contributed by atoms with van der Waals surface area (Å²) in [6.07, 6.45) is 3.28. The fraction of sp³-hybridized carbons (Fsp3) is 0.500. The van der Waals surface area contributed by atoms with Crippen molar-refractivity contribution in [2.45, 2.75) is 45.8 Å². The molecule has 27 heavy (non-hydrogen) atoms. The van der Waals surface area contributed by atoms with E-state index in [-0.39, 0.29) is 23.2 Å². The van der Waals surface area contributed by atoms with Gasteiger partial charge in [0.2, 0.25) is 5.91 Å². The zero-order valence-corrected chi connectivity index (χ0v) is 17.1. The van der Waals surface area contributed by atoms with Gasteiger partial charge < -0.3 is 19.4 Å². The van der Waals surface area contributed by atoms with Gasteiger partial charge in [0, 0.05) is 19.7 Å². The highest BCUT2D eigenvalue weighted by atomic mass is 35.5. The van der Waals surface area contributed by atoms with Gasteiger partial charge in [-0.05, 0) is 44.8 Å². The van der Waals surface area contributed by atoms with Crippen LogP contribution in [0, 0.1) is 0 Å². The molecule has 1 aromatic rings. The van der Waals surface area contributed by atoms with Crippen LogP contribution in [0.25, 0.3) is 6.08 Å². The first-order valence-corrected chi connectivity index (χ1v) is 8.89. The van der Waals surface area contributed by atoms with E-state index >= 15 is 0 Å². The van der Waals surface area contributed by atoms with Gasteiger partial charge in [-0.15, -0.1) is 0 Å². The average Bonchev–Trinajstić information content (AvgIpc) is 2.79. The summed E-state index contributed by atoms with van der Waals surface area (Å²) in [6.45, 7) is 9.44. The summed E-state index contributed by atoms with van der Waals surface area (Å²) in [4.78, 5) is 27.3. The Kier molecular flexibility index (Phi) is 6.34. The molecular weight excluding hydrogens is 370 g/mol. The van der Waals surface area contributed by atoms with Crippen LogP contribution >= 0.6 is 11.6 Å². The molecule has 1 N–H and O–H groups in total. The predicted octanol–water partition coefficient (Wildman–Crippen LogP) is 2.67. The molecule has 1 saturated heterocycles. The highest BCUT2D eigenvalue weighted by molar-refractivity contribution is 6.56. The van der Waals surface area contributed by atoms with Crippen LogP contribution < -0.4 is 5.32 Å². The van der Waals surface area contributed by atoms with Gasteiger partial charge in [-0.3, -0.25) is 4.79 Å². The Labute approximate surface area is 164 Å². The van der Waals surface area contributed by atoms with Gasteiger partial charge in [-0.2, -0.15) is 0 Å². The Hall–Kier alpha value is -1.90. The molecule has 0 bridgehead atoms. The first-order chi connectivity index (χ1) is 12.5. The number of aromatic nitrogens is 1. The minimum Gasteiger partial charge on any atom is -0.465 e. The van der Waals surface area contributed by atoms with E-state index in [2.05, 4.69) is 10.3 Å². The number of halogens is 1. The molecule has 1 aliphatic rings. The first-order valence-electron chi connectivity index (χ1n) is 8.51. The minimum atomic E-state index is -0.654. The maximum atomic E-state index is 11.8. The van der Waals surface area contributed by atoms with Gasteiger partial charge in [0.1, 0.15) is 5.15 Å². The zero-order valence-electron chi connectivity index (χ0n) is 16.4. The highest BCUT2D eigenvalue weighted by Crippen LogP contribution is 2.38. The summed E-state index contributed by atoms with van der Waals surface area (Å²) < 4.78 is 16.9. The Morgan fingerprint density at radius 3 is 2.41 bits per heavy atom. The van der Waals surface area contributed by atoms with Crippen molar-refractivity contribution in [3.8, 4) is 0 Å². The third-order valence-corrected chi connectivity index (χ3v) is 5.02. The number of pyridine rings is 1. The van der Waals surface area contributed by atoms with Crippen LogP contribution in [-0.2, 0) is 18.8 Å². The van der Waals surface area contributed by atoms with Gasteiger partial charge >= 0.3 is 13.1 Å². The van der Waals surface area contributed by atoms with Crippen LogP contribution in [0.1, 0.15) is 50.5 Å². The number of hydrogen-bond donors (Lipinski definition) is 1. The summed E-state index contributed by atoms with van der Waals surface area (Å²) in [5.41, 5.74) is 0.393. The highest BCUT2D eigenvalue weighted by Gasteiger charge is 2.52. The van der Waals surface area contributed by atoms with Gasteiger partial charge in [0.05, 0.1) is 23.9 Å². The molecule has 1 fully saturated rings. The lowest BCUT2D eigenvalue weighted by atomic mass is 9.77. The Bertz CT molecular complexity index is 763. The summed E-state index contributed by atoms with van der Waals surface area (Å²) in [7, 11) is 0.618. The van der Waals surface area contributed by atoms with E-state index in [1.165, 1.54) is 20.2 Å². The fourth-order valence-electron chi connectivity index (χ4n) is 2.43. The van der Waals surface area contributed by atoms with Gasteiger partial charge in [0.15, 0.2) is 0 Å². The molecule has 0 unspecified atom stereocenters. The largest absolute Gasteiger partial charge is 0.492 e. The van der Waals surface area contributed by atoms with Crippen molar-refractivity contribution < 1.29 is 23.6 Å². The summed E-state index contributed by atoms with van der Waals surface area (Å²) in [5.74, 6) is -0.760. The van der Waals surface area contributed by atoms with Gasteiger partial charge in [0.25, 0.3) is 0 Å². The van der Waals surface area contributed by atoms with Crippen molar-refractivity contribution in [2.24, 2.45) is 0 Å². The van der Waals surface area contributed by atoms with Crippen molar-refractivity contribution >= 4 is 36.7 Å². The predicted molar refractivity (Wildman–Crippen MR) is 103 cm³/mol. The molecule has 0 atom stereocenters. The Morgan fingerprint density at radius 1 is 1.30 bits per heavy atom. The molecule has 0 radical (unpaired) electrons. The second kappa shape index (κ2) is 8.00. The number of amides is 1. The van der Waals surface area contributed by atoms with Crippen LogP contribution in [0.15, 0.2) is 17.7 Å². The van der Waals surface area contributed by atoms with Crippen molar-refractivity contribution in [3.05, 3.63) is 34.0 Å². The van der Waals surface area contributed by atoms with Crippen molar-refractivity contribution in [1.29, 1.82) is 0 Å². The topological polar surface area (TPSA) is 86.8 Å². The molecule has 1 aliphatic heterocycles. The van der Waals surface area contributed by atoms with E-state index in [0.717, 1.165) is 0 Å². The number of rotatable bonds is 5. The van der Waals surface area contributed by atoms with Crippen molar-refractivity contribution in [3.63, 3.8) is 0 Å². The minimum absolute atomic E-state index is 0.0537. The van der Waals surface area contributed by atoms with Crippen LogP contribution in [0.4, 0.5) is 0 Å². The lowest BCUT2D eigenvalue weighted by Crippen LogP contribution is -2.41. The maximum Gasteiger partial charge on any atom is 0.492 e. The Morgan fingerprint density at radius 2 is 1.89 bits per heavy atom. The summed E-state index contributed by atoms with van der Waals surface area (Å²) in [5, 5.41) is 2.81. The number of hydrogen-bond acceptors (Lipinski definition) is 6. The Balaban J connectivity index is 2.40. The van der Waals surface area contributed by atoms with Crippen LogP contribution in [-0.4, -0.2) is 48.8 Å². The molecule has 2 rings (SSSR count). The fourth-order valence-corrected chi connectivity index (χ4v) is 2.61. The second-order valence-electron chi connectivity index (χ2n) is 7.32. The van der Waals surface area contributed by atoms with Crippen molar-refractivity contribution in [2.75, 3.05) is 13.7 Å². The molecule has 2 heterocycles. The molecule has 1 aromatic heterocycles. The lowest BCUT2D eigenvalue weighted by molar-refractivity contribution is -0.118. The molecule has 146 valence electrons. The summed E-state index contributed by atoms with van der Waals surface area (Å²) in [6, 6.07) is 1.57. The smallest absolute Gasteiger partial charge is 0.465 e. The molecule has 0 saturated carbocycles. The third kappa shape index (κ3) is 4.88. The van der Waals surface area contributed by atoms with Crippen LogP contribution in [0.2, 0.25) is 5.15 Å².